The van der Waals surface area contributed by atoms with Crippen molar-refractivity contribution in [1.29, 1.82) is 0 Å². The summed E-state index contributed by atoms with van der Waals surface area (Å²) in [6.07, 6.45) is 1.60. The van der Waals surface area contributed by atoms with Crippen LogP contribution in [-0.2, 0) is 28.7 Å². The Balaban J connectivity index is 2.69. The van der Waals surface area contributed by atoms with Gasteiger partial charge in [0.25, 0.3) is 0 Å². The fourth-order valence-corrected chi connectivity index (χ4v) is 2.24. The molecule has 0 aromatic carbocycles. The highest BCUT2D eigenvalue weighted by molar-refractivity contribution is 6.09. The Morgan fingerprint density at radius 2 is 1.22 bits per heavy atom. The summed E-state index contributed by atoms with van der Waals surface area (Å²) in [6, 6.07) is -2.56. The maximum absolute atomic E-state index is 12.5. The van der Waals surface area contributed by atoms with E-state index in [2.05, 4.69) is 10.6 Å². The lowest BCUT2D eigenvalue weighted by Crippen LogP contribution is -2.54. The van der Waals surface area contributed by atoms with Gasteiger partial charge in [-0.05, 0) is 25.7 Å². The van der Waals surface area contributed by atoms with Crippen LogP contribution in [0.5, 0.6) is 0 Å². The molecule has 27 heavy (non-hydrogen) atoms. The third-order valence-electron chi connectivity index (χ3n) is 4.06. The largest absolute Gasteiger partial charge is 0.464 e. The number of nitrogens with one attached hydrogen (secondary N) is 2. The average molecular weight is 388 g/mol. The highest BCUT2D eigenvalue weighted by Crippen LogP contribution is 2.46. The normalized spacial score (nSPS) is 16.6. The van der Waals surface area contributed by atoms with E-state index in [1.165, 1.54) is 0 Å². The van der Waals surface area contributed by atoms with Gasteiger partial charge in [0.15, 0.2) is 12.1 Å². The summed E-state index contributed by atoms with van der Waals surface area (Å²) >= 11 is 0. The van der Waals surface area contributed by atoms with E-state index in [9.17, 15) is 29.4 Å². The Morgan fingerprint density at radius 1 is 0.852 bits per heavy atom. The van der Waals surface area contributed by atoms with E-state index in [1.54, 1.807) is 13.8 Å². The van der Waals surface area contributed by atoms with Crippen molar-refractivity contribution in [3.05, 3.63) is 0 Å². The van der Waals surface area contributed by atoms with Gasteiger partial charge >= 0.3 is 11.9 Å². The highest BCUT2D eigenvalue weighted by Gasteiger charge is 2.57. The standard InChI is InChI=1S/C17H28N2O8/c1-3-7-26-13(22)11(9-20)18-15(24)17(5-6-17)16(25)19-12(10-21)14(23)27-8-4-2/h11-12,20-21H,3-10H2,1-2H3,(H,18,24)(H,19,25)/t11-,12-/m1/s1. The number of esters is 2. The van der Waals surface area contributed by atoms with Crippen LogP contribution in [0.4, 0.5) is 0 Å². The quantitative estimate of drug-likeness (QED) is 0.236. The summed E-state index contributed by atoms with van der Waals surface area (Å²) in [5, 5.41) is 23.2. The molecular weight excluding hydrogens is 360 g/mol. The van der Waals surface area contributed by atoms with Crippen LogP contribution in [0.3, 0.4) is 0 Å². The van der Waals surface area contributed by atoms with E-state index in [0.29, 0.717) is 12.8 Å². The van der Waals surface area contributed by atoms with Crippen LogP contribution in [0.2, 0.25) is 0 Å². The molecule has 1 rings (SSSR count). The Morgan fingerprint density at radius 3 is 1.48 bits per heavy atom. The van der Waals surface area contributed by atoms with Gasteiger partial charge in [0.05, 0.1) is 26.4 Å². The molecule has 0 radical (unpaired) electrons. The molecule has 2 amide bonds. The lowest BCUT2D eigenvalue weighted by molar-refractivity contribution is -0.152. The van der Waals surface area contributed by atoms with Crippen LogP contribution in [0.1, 0.15) is 39.5 Å². The number of aliphatic hydroxyl groups is 2. The molecule has 10 nitrogen and oxygen atoms in total. The van der Waals surface area contributed by atoms with Crippen molar-refractivity contribution in [3.8, 4) is 0 Å². The summed E-state index contributed by atoms with van der Waals surface area (Å²) in [4.78, 5) is 48.5. The number of ether oxygens (including phenoxy) is 2. The number of amides is 2. The lowest BCUT2D eigenvalue weighted by Gasteiger charge is -2.22. The molecule has 154 valence electrons. The molecule has 1 aliphatic rings. The third-order valence-corrected chi connectivity index (χ3v) is 4.06. The number of carbonyl (C=O) groups excluding carboxylic acids is 4. The van der Waals surface area contributed by atoms with Crippen LogP contribution in [-0.4, -0.2) is 72.5 Å². The first kappa shape index (κ1) is 22.8. The van der Waals surface area contributed by atoms with Crippen molar-refractivity contribution in [2.75, 3.05) is 26.4 Å². The fraction of sp³-hybridized carbons (Fsp3) is 0.765. The third kappa shape index (κ3) is 6.17. The van der Waals surface area contributed by atoms with Crippen molar-refractivity contribution in [1.82, 2.24) is 10.6 Å². The topological polar surface area (TPSA) is 151 Å². The lowest BCUT2D eigenvalue weighted by atomic mass is 10.0. The molecule has 1 fully saturated rings. The van der Waals surface area contributed by atoms with Crippen LogP contribution < -0.4 is 10.6 Å². The first-order valence-corrected chi connectivity index (χ1v) is 9.03. The second-order valence-corrected chi connectivity index (χ2v) is 6.33. The number of aliphatic hydroxyl groups excluding tert-OH is 2. The van der Waals surface area contributed by atoms with E-state index in [1.807, 2.05) is 0 Å². The van der Waals surface area contributed by atoms with Crippen molar-refractivity contribution >= 4 is 23.8 Å². The first-order chi connectivity index (χ1) is 12.9. The van der Waals surface area contributed by atoms with Crippen molar-refractivity contribution in [2.24, 2.45) is 5.41 Å². The smallest absolute Gasteiger partial charge is 0.331 e. The summed E-state index contributed by atoms with van der Waals surface area (Å²) in [6.45, 7) is 2.55. The van der Waals surface area contributed by atoms with Crippen LogP contribution >= 0.6 is 0 Å². The minimum absolute atomic E-state index is 0.148. The van der Waals surface area contributed by atoms with E-state index >= 15 is 0 Å². The number of hydrogen-bond donors (Lipinski definition) is 4. The maximum atomic E-state index is 12.5. The van der Waals surface area contributed by atoms with E-state index < -0.39 is 54.5 Å². The Bertz CT molecular complexity index is 503. The van der Waals surface area contributed by atoms with Crippen LogP contribution in [0.25, 0.3) is 0 Å². The zero-order chi connectivity index (χ0) is 20.4. The molecule has 1 saturated carbocycles. The van der Waals surface area contributed by atoms with Crippen LogP contribution in [0, 0.1) is 5.41 Å². The average Bonchev–Trinajstić information content (AvgIpc) is 3.48. The predicted octanol–water partition coefficient (Wildman–Crippen LogP) is -1.37. The summed E-state index contributed by atoms with van der Waals surface area (Å²) in [5.41, 5.74) is -1.45. The molecule has 0 spiro atoms. The molecular formula is C17H28N2O8. The number of rotatable bonds is 12. The predicted molar refractivity (Wildman–Crippen MR) is 92.2 cm³/mol. The van der Waals surface area contributed by atoms with E-state index in [4.69, 9.17) is 9.47 Å². The summed E-state index contributed by atoms with van der Waals surface area (Å²) in [5.74, 6) is -3.07. The highest BCUT2D eigenvalue weighted by atomic mass is 16.5. The SMILES string of the molecule is CCCOC(=O)[C@@H](CO)NC(=O)C1(C(=O)N[C@H](CO)C(=O)OCCC)CC1. The molecule has 0 unspecified atom stereocenters. The van der Waals surface area contributed by atoms with Gasteiger partial charge in [0.2, 0.25) is 11.8 Å². The van der Waals surface area contributed by atoms with Crippen molar-refractivity contribution < 1.29 is 38.9 Å². The number of carbonyl (C=O) groups is 4. The van der Waals surface area contributed by atoms with Gasteiger partial charge in [0, 0.05) is 0 Å². The summed E-state index contributed by atoms with van der Waals surface area (Å²) < 4.78 is 9.76. The molecule has 1 aliphatic carbocycles. The van der Waals surface area contributed by atoms with E-state index in [0.717, 1.165) is 0 Å². The molecule has 0 bridgehead atoms. The molecule has 10 heteroatoms. The first-order valence-electron chi connectivity index (χ1n) is 9.03. The van der Waals surface area contributed by atoms with Gasteiger partial charge in [-0.1, -0.05) is 13.8 Å². The second kappa shape index (κ2) is 10.8. The zero-order valence-corrected chi connectivity index (χ0v) is 15.7. The van der Waals surface area contributed by atoms with E-state index in [-0.39, 0.29) is 26.1 Å². The Kier molecular flexibility index (Phi) is 9.16. The van der Waals surface area contributed by atoms with Gasteiger partial charge in [0.1, 0.15) is 5.41 Å². The van der Waals surface area contributed by atoms with Gasteiger partial charge in [-0.3, -0.25) is 9.59 Å². The molecule has 0 saturated heterocycles. The minimum atomic E-state index is -1.45. The monoisotopic (exact) mass is 388 g/mol. The van der Waals surface area contributed by atoms with Gasteiger partial charge in [-0.2, -0.15) is 0 Å². The molecule has 0 aromatic heterocycles. The molecule has 4 N–H and O–H groups in total. The molecule has 0 aliphatic heterocycles. The minimum Gasteiger partial charge on any atom is -0.464 e. The van der Waals surface area contributed by atoms with Crippen molar-refractivity contribution in [3.63, 3.8) is 0 Å². The van der Waals surface area contributed by atoms with Gasteiger partial charge in [-0.15, -0.1) is 0 Å². The van der Waals surface area contributed by atoms with Gasteiger partial charge in [-0.25, -0.2) is 9.59 Å². The van der Waals surface area contributed by atoms with Gasteiger partial charge < -0.3 is 30.3 Å². The summed E-state index contributed by atoms with van der Waals surface area (Å²) in [7, 11) is 0. The zero-order valence-electron chi connectivity index (χ0n) is 15.7. The molecule has 2 atom stereocenters. The van der Waals surface area contributed by atoms with Crippen molar-refractivity contribution in [2.45, 2.75) is 51.6 Å². The Labute approximate surface area is 157 Å². The fourth-order valence-electron chi connectivity index (χ4n) is 2.24. The molecule has 0 aromatic rings. The number of hydrogen-bond acceptors (Lipinski definition) is 8. The molecule has 0 heterocycles. The maximum Gasteiger partial charge on any atom is 0.331 e. The Hall–Kier alpha value is -2.20. The second-order valence-electron chi connectivity index (χ2n) is 6.33. The van der Waals surface area contributed by atoms with Crippen LogP contribution in [0.15, 0.2) is 0 Å².